The van der Waals surface area contributed by atoms with Crippen molar-refractivity contribution in [3.05, 3.63) is 53.6 Å². The van der Waals surface area contributed by atoms with Crippen LogP contribution in [0.1, 0.15) is 16.5 Å². The standard InChI is InChI=1S/C16H16ClFN2O3/c1-22-11-4-3-10(14(7-11)23-2)8-20-16(21)15(17)12-5-6-19-9-13(12)18/h3-7,9,15H,8H2,1-2H3,(H,20,21). The van der Waals surface area contributed by atoms with Crippen LogP contribution >= 0.6 is 11.6 Å². The van der Waals surface area contributed by atoms with Gasteiger partial charge in [-0.25, -0.2) is 4.39 Å². The molecule has 5 nitrogen and oxygen atoms in total. The zero-order valence-electron chi connectivity index (χ0n) is 12.7. The molecule has 0 aliphatic carbocycles. The van der Waals surface area contributed by atoms with Crippen LogP contribution in [-0.4, -0.2) is 25.1 Å². The van der Waals surface area contributed by atoms with E-state index in [1.165, 1.54) is 19.4 Å². The summed E-state index contributed by atoms with van der Waals surface area (Å²) < 4.78 is 24.0. The highest BCUT2D eigenvalue weighted by Gasteiger charge is 2.21. The Kier molecular flexibility index (Phi) is 5.76. The molecule has 1 heterocycles. The number of rotatable bonds is 6. The summed E-state index contributed by atoms with van der Waals surface area (Å²) in [6.45, 7) is 0.196. The third-order valence-corrected chi connectivity index (χ3v) is 3.69. The molecular formula is C16H16ClFN2O3. The number of halogens is 2. The van der Waals surface area contributed by atoms with Crippen LogP contribution < -0.4 is 14.8 Å². The lowest BCUT2D eigenvalue weighted by Crippen LogP contribution is -2.27. The first-order chi connectivity index (χ1) is 11.1. The molecule has 0 aliphatic heterocycles. The molecule has 1 aromatic heterocycles. The third-order valence-electron chi connectivity index (χ3n) is 3.25. The van der Waals surface area contributed by atoms with Crippen molar-refractivity contribution in [2.75, 3.05) is 14.2 Å². The Morgan fingerprint density at radius 2 is 2.13 bits per heavy atom. The number of aromatic nitrogens is 1. The summed E-state index contributed by atoms with van der Waals surface area (Å²) in [5.74, 6) is 0.0937. The molecule has 2 aromatic rings. The van der Waals surface area contributed by atoms with Crippen molar-refractivity contribution >= 4 is 17.5 Å². The van der Waals surface area contributed by atoms with E-state index in [4.69, 9.17) is 21.1 Å². The molecule has 0 saturated heterocycles. The maximum absolute atomic E-state index is 13.6. The van der Waals surface area contributed by atoms with E-state index < -0.39 is 17.1 Å². The average molecular weight is 339 g/mol. The number of methoxy groups -OCH3 is 2. The number of carbonyl (C=O) groups is 1. The van der Waals surface area contributed by atoms with E-state index in [0.29, 0.717) is 11.5 Å². The van der Waals surface area contributed by atoms with Crippen molar-refractivity contribution in [2.24, 2.45) is 0 Å². The van der Waals surface area contributed by atoms with E-state index in [1.807, 2.05) is 0 Å². The molecule has 1 N–H and O–H groups in total. The van der Waals surface area contributed by atoms with E-state index in [9.17, 15) is 9.18 Å². The largest absolute Gasteiger partial charge is 0.497 e. The van der Waals surface area contributed by atoms with Gasteiger partial charge in [0.2, 0.25) is 5.91 Å². The number of nitrogens with one attached hydrogen (secondary N) is 1. The number of nitrogens with zero attached hydrogens (tertiary/aromatic N) is 1. The first-order valence-electron chi connectivity index (χ1n) is 6.79. The minimum Gasteiger partial charge on any atom is -0.497 e. The minimum absolute atomic E-state index is 0.0841. The van der Waals surface area contributed by atoms with Gasteiger partial charge in [0.25, 0.3) is 0 Å². The lowest BCUT2D eigenvalue weighted by Gasteiger charge is -2.14. The van der Waals surface area contributed by atoms with Gasteiger partial charge in [0.05, 0.1) is 20.4 Å². The molecule has 122 valence electrons. The summed E-state index contributed by atoms with van der Waals surface area (Å²) in [7, 11) is 3.08. The molecule has 1 aromatic carbocycles. The molecule has 23 heavy (non-hydrogen) atoms. The summed E-state index contributed by atoms with van der Waals surface area (Å²) in [5.41, 5.74) is 0.835. The van der Waals surface area contributed by atoms with Gasteiger partial charge < -0.3 is 14.8 Å². The van der Waals surface area contributed by atoms with Gasteiger partial charge in [0.1, 0.15) is 22.7 Å². The number of hydrogen-bond acceptors (Lipinski definition) is 4. The maximum atomic E-state index is 13.6. The Morgan fingerprint density at radius 1 is 1.35 bits per heavy atom. The predicted octanol–water partition coefficient (Wildman–Crippen LogP) is 2.83. The number of alkyl halides is 1. The van der Waals surface area contributed by atoms with Crippen LogP contribution in [0.2, 0.25) is 0 Å². The Labute approximate surface area is 138 Å². The van der Waals surface area contributed by atoms with E-state index >= 15 is 0 Å². The zero-order valence-corrected chi connectivity index (χ0v) is 13.4. The van der Waals surface area contributed by atoms with Crippen molar-refractivity contribution in [2.45, 2.75) is 11.9 Å². The van der Waals surface area contributed by atoms with Gasteiger partial charge in [0.15, 0.2) is 0 Å². The summed E-state index contributed by atoms with van der Waals surface area (Å²) in [4.78, 5) is 15.7. The Hall–Kier alpha value is -2.34. The smallest absolute Gasteiger partial charge is 0.242 e. The molecule has 0 bridgehead atoms. The second kappa shape index (κ2) is 7.78. The van der Waals surface area contributed by atoms with E-state index in [1.54, 1.807) is 25.3 Å². The van der Waals surface area contributed by atoms with Crippen molar-refractivity contribution in [3.8, 4) is 11.5 Å². The molecule has 1 atom stereocenters. The first kappa shape index (κ1) is 17.0. The number of amides is 1. The van der Waals surface area contributed by atoms with Crippen LogP contribution in [0.3, 0.4) is 0 Å². The average Bonchev–Trinajstić information content (AvgIpc) is 2.59. The minimum atomic E-state index is -1.14. The number of hydrogen-bond donors (Lipinski definition) is 1. The molecule has 0 saturated carbocycles. The molecular weight excluding hydrogens is 323 g/mol. The molecule has 1 amide bonds. The first-order valence-corrected chi connectivity index (χ1v) is 7.22. The molecule has 0 fully saturated rings. The van der Waals surface area contributed by atoms with E-state index in [2.05, 4.69) is 10.3 Å². The highest BCUT2D eigenvalue weighted by Crippen LogP contribution is 2.26. The van der Waals surface area contributed by atoms with Crippen LogP contribution in [-0.2, 0) is 11.3 Å². The second-order valence-corrected chi connectivity index (χ2v) is 5.09. The maximum Gasteiger partial charge on any atom is 0.242 e. The van der Waals surface area contributed by atoms with Crippen LogP contribution in [0.15, 0.2) is 36.7 Å². The van der Waals surface area contributed by atoms with Gasteiger partial charge in [0, 0.05) is 29.9 Å². The topological polar surface area (TPSA) is 60.5 Å². The van der Waals surface area contributed by atoms with Gasteiger partial charge in [-0.2, -0.15) is 0 Å². The van der Waals surface area contributed by atoms with Crippen LogP contribution in [0.4, 0.5) is 4.39 Å². The highest BCUT2D eigenvalue weighted by molar-refractivity contribution is 6.30. The summed E-state index contributed by atoms with van der Waals surface area (Å²) in [6.07, 6.45) is 2.40. The van der Waals surface area contributed by atoms with Crippen molar-refractivity contribution in [1.82, 2.24) is 10.3 Å². The molecule has 0 radical (unpaired) electrons. The summed E-state index contributed by atoms with van der Waals surface area (Å²) in [5, 5.41) is 1.52. The number of carbonyl (C=O) groups excluding carboxylic acids is 1. The van der Waals surface area contributed by atoms with Gasteiger partial charge in [-0.3, -0.25) is 9.78 Å². The normalized spacial score (nSPS) is 11.7. The molecule has 7 heteroatoms. The fourth-order valence-electron chi connectivity index (χ4n) is 2.00. The fourth-order valence-corrected chi connectivity index (χ4v) is 2.26. The summed E-state index contributed by atoms with van der Waals surface area (Å²) in [6, 6.07) is 6.61. The molecule has 2 rings (SSSR count). The monoisotopic (exact) mass is 338 g/mol. The zero-order chi connectivity index (χ0) is 16.8. The summed E-state index contributed by atoms with van der Waals surface area (Å²) >= 11 is 6.02. The lowest BCUT2D eigenvalue weighted by molar-refractivity contribution is -0.121. The number of pyridine rings is 1. The van der Waals surface area contributed by atoms with Gasteiger partial charge in [-0.15, -0.1) is 11.6 Å². The van der Waals surface area contributed by atoms with Crippen LogP contribution in [0, 0.1) is 5.82 Å². The van der Waals surface area contributed by atoms with Crippen LogP contribution in [0.5, 0.6) is 11.5 Å². The Balaban J connectivity index is 2.06. The highest BCUT2D eigenvalue weighted by atomic mass is 35.5. The van der Waals surface area contributed by atoms with Gasteiger partial charge in [-0.1, -0.05) is 0 Å². The van der Waals surface area contributed by atoms with Gasteiger partial charge in [-0.05, 0) is 18.2 Å². The van der Waals surface area contributed by atoms with E-state index in [0.717, 1.165) is 11.8 Å². The van der Waals surface area contributed by atoms with Crippen molar-refractivity contribution < 1.29 is 18.7 Å². The number of ether oxygens (including phenoxy) is 2. The van der Waals surface area contributed by atoms with Gasteiger partial charge >= 0.3 is 0 Å². The quantitative estimate of drug-likeness (QED) is 0.823. The predicted molar refractivity (Wildman–Crippen MR) is 84.2 cm³/mol. The lowest BCUT2D eigenvalue weighted by atomic mass is 10.1. The van der Waals surface area contributed by atoms with Crippen molar-refractivity contribution in [3.63, 3.8) is 0 Å². The SMILES string of the molecule is COc1ccc(CNC(=O)C(Cl)c2ccncc2F)c(OC)c1. The number of benzene rings is 1. The second-order valence-electron chi connectivity index (χ2n) is 4.66. The van der Waals surface area contributed by atoms with E-state index in [-0.39, 0.29) is 12.1 Å². The van der Waals surface area contributed by atoms with Crippen molar-refractivity contribution in [1.29, 1.82) is 0 Å². The fraction of sp³-hybridized carbons (Fsp3) is 0.250. The Bertz CT molecular complexity index is 697. The molecule has 1 unspecified atom stereocenters. The Morgan fingerprint density at radius 3 is 2.78 bits per heavy atom. The molecule has 0 aliphatic rings. The third kappa shape index (κ3) is 4.10. The molecule has 0 spiro atoms. The van der Waals surface area contributed by atoms with Crippen LogP contribution in [0.25, 0.3) is 0 Å².